The summed E-state index contributed by atoms with van der Waals surface area (Å²) in [5.74, 6) is 3.65. The molecule has 0 radical (unpaired) electrons. The zero-order chi connectivity index (χ0) is 38.0. The Bertz CT molecular complexity index is 1800. The van der Waals surface area contributed by atoms with E-state index in [-0.39, 0.29) is 24.4 Å². The van der Waals surface area contributed by atoms with E-state index in [2.05, 4.69) is 71.9 Å². The van der Waals surface area contributed by atoms with Crippen molar-refractivity contribution in [1.29, 1.82) is 0 Å². The van der Waals surface area contributed by atoms with Crippen LogP contribution in [0.3, 0.4) is 0 Å². The Kier molecular flexibility index (Phi) is 13.5. The Hall–Kier alpha value is -4.55. The zero-order valence-corrected chi connectivity index (χ0v) is 33.4. The molecule has 5 rings (SSSR count). The summed E-state index contributed by atoms with van der Waals surface area (Å²) in [6, 6.07) is 36.6. The molecule has 0 heterocycles. The predicted octanol–water partition coefficient (Wildman–Crippen LogP) is 9.17. The van der Waals surface area contributed by atoms with Crippen molar-refractivity contribution in [3.8, 4) is 28.7 Å². The molecule has 0 saturated carbocycles. The molecule has 7 nitrogen and oxygen atoms in total. The second-order valence-corrected chi connectivity index (χ2v) is 16.9. The van der Waals surface area contributed by atoms with Crippen molar-refractivity contribution in [3.63, 3.8) is 0 Å². The highest BCUT2D eigenvalue weighted by Crippen LogP contribution is 2.48. The van der Waals surface area contributed by atoms with Crippen LogP contribution < -0.4 is 39.6 Å². The standard InChI is InChI=1S/C45H53O7P/c1-44(2,3)36-24-34(46-7)26-40(42(36)51-30-49-28-32-18-12-10-13-19-32)53(39-23-17-16-22-38(39)48-9)41-27-35(47-8)25-37(45(4,5)6)43(41)52-31-50-29-33-20-14-11-15-21-33/h10-27H,28-31H2,1-9H3. The molecule has 0 aliphatic rings. The summed E-state index contributed by atoms with van der Waals surface area (Å²) in [4.78, 5) is 0. The third kappa shape index (κ3) is 10.1. The van der Waals surface area contributed by atoms with Crippen molar-refractivity contribution in [2.75, 3.05) is 34.9 Å². The van der Waals surface area contributed by atoms with E-state index in [1.807, 2.05) is 78.9 Å². The fourth-order valence-corrected chi connectivity index (χ4v) is 8.72. The van der Waals surface area contributed by atoms with Gasteiger partial charge in [-0.25, -0.2) is 0 Å². The number of hydrogen-bond donors (Lipinski definition) is 0. The van der Waals surface area contributed by atoms with Gasteiger partial charge in [-0.2, -0.15) is 0 Å². The molecule has 0 saturated heterocycles. The second-order valence-electron chi connectivity index (χ2n) is 14.7. The van der Waals surface area contributed by atoms with Crippen LogP contribution in [0.1, 0.15) is 63.8 Å². The number of ether oxygens (including phenoxy) is 7. The molecule has 8 heteroatoms. The molecule has 280 valence electrons. The minimum absolute atomic E-state index is 0.0500. The van der Waals surface area contributed by atoms with Gasteiger partial charge in [0.1, 0.15) is 28.7 Å². The van der Waals surface area contributed by atoms with Gasteiger partial charge in [0.2, 0.25) is 0 Å². The lowest BCUT2D eigenvalue weighted by molar-refractivity contribution is 0.00470. The molecule has 53 heavy (non-hydrogen) atoms. The molecule has 0 aliphatic heterocycles. The van der Waals surface area contributed by atoms with E-state index in [4.69, 9.17) is 33.2 Å². The molecule has 0 unspecified atom stereocenters. The van der Waals surface area contributed by atoms with Crippen molar-refractivity contribution in [2.24, 2.45) is 0 Å². The van der Waals surface area contributed by atoms with E-state index in [0.29, 0.717) is 13.2 Å². The molecule has 5 aromatic carbocycles. The summed E-state index contributed by atoms with van der Waals surface area (Å²) in [5, 5.41) is 2.84. The van der Waals surface area contributed by atoms with Crippen molar-refractivity contribution >= 4 is 23.8 Å². The summed E-state index contributed by atoms with van der Waals surface area (Å²) in [6.45, 7) is 14.0. The van der Waals surface area contributed by atoms with Crippen LogP contribution in [0.25, 0.3) is 0 Å². The van der Waals surface area contributed by atoms with E-state index in [9.17, 15) is 0 Å². The molecule has 0 fully saturated rings. The highest BCUT2D eigenvalue weighted by molar-refractivity contribution is 7.80. The maximum Gasteiger partial charge on any atom is 0.189 e. The van der Waals surface area contributed by atoms with Gasteiger partial charge < -0.3 is 33.2 Å². The number of benzene rings is 5. The van der Waals surface area contributed by atoms with Gasteiger partial charge in [0.05, 0.1) is 34.5 Å². The van der Waals surface area contributed by atoms with Crippen LogP contribution in [0.2, 0.25) is 0 Å². The van der Waals surface area contributed by atoms with Crippen LogP contribution in [0.15, 0.2) is 109 Å². The molecular weight excluding hydrogens is 683 g/mol. The fraction of sp³-hybridized carbons (Fsp3) is 0.333. The molecule has 0 bridgehead atoms. The SMILES string of the molecule is COc1cc(P(c2ccccc2OC)c2cc(OC)cc(C(C)(C)C)c2OCOCc2ccccc2)c(OCOCc2ccccc2)c(C(C)(C)C)c1. The summed E-state index contributed by atoms with van der Waals surface area (Å²) in [7, 11) is 3.64. The van der Waals surface area contributed by atoms with E-state index < -0.39 is 7.92 Å². The Morgan fingerprint density at radius 2 is 0.887 bits per heavy atom. The van der Waals surface area contributed by atoms with Gasteiger partial charge in [0.25, 0.3) is 0 Å². The Morgan fingerprint density at radius 3 is 1.28 bits per heavy atom. The average molecular weight is 737 g/mol. The molecule has 0 amide bonds. The number of para-hydroxylation sites is 1. The van der Waals surface area contributed by atoms with E-state index >= 15 is 0 Å². The van der Waals surface area contributed by atoms with Crippen LogP contribution in [-0.2, 0) is 33.5 Å². The van der Waals surface area contributed by atoms with Crippen LogP contribution in [-0.4, -0.2) is 34.9 Å². The third-order valence-electron chi connectivity index (χ3n) is 8.78. The first-order chi connectivity index (χ1) is 25.4. The van der Waals surface area contributed by atoms with Gasteiger partial charge in [0, 0.05) is 27.0 Å². The smallest absolute Gasteiger partial charge is 0.189 e. The third-order valence-corrected chi connectivity index (χ3v) is 11.3. The molecule has 0 spiro atoms. The van der Waals surface area contributed by atoms with Crippen LogP contribution in [0, 0.1) is 0 Å². The lowest BCUT2D eigenvalue weighted by Gasteiger charge is -2.32. The summed E-state index contributed by atoms with van der Waals surface area (Å²) in [6.07, 6.45) is 0. The lowest BCUT2D eigenvalue weighted by atomic mass is 9.86. The number of methoxy groups -OCH3 is 3. The first-order valence-corrected chi connectivity index (χ1v) is 19.2. The number of hydrogen-bond acceptors (Lipinski definition) is 7. The Balaban J connectivity index is 1.73. The summed E-state index contributed by atoms with van der Waals surface area (Å²) < 4.78 is 43.8. The molecule has 0 atom stereocenters. The van der Waals surface area contributed by atoms with E-state index in [1.54, 1.807) is 21.3 Å². The van der Waals surface area contributed by atoms with Gasteiger partial charge in [-0.1, -0.05) is 120 Å². The molecule has 5 aromatic rings. The minimum Gasteiger partial charge on any atom is -0.497 e. The highest BCUT2D eigenvalue weighted by atomic mass is 31.1. The normalized spacial score (nSPS) is 11.7. The second kappa shape index (κ2) is 18.0. The van der Waals surface area contributed by atoms with Crippen LogP contribution in [0.4, 0.5) is 0 Å². The summed E-state index contributed by atoms with van der Waals surface area (Å²) >= 11 is 0. The summed E-state index contributed by atoms with van der Waals surface area (Å²) in [5.41, 5.74) is 3.50. The Morgan fingerprint density at radius 1 is 0.472 bits per heavy atom. The largest absolute Gasteiger partial charge is 0.497 e. The van der Waals surface area contributed by atoms with Crippen LogP contribution >= 0.6 is 7.92 Å². The Labute approximate surface area is 316 Å². The van der Waals surface area contributed by atoms with Gasteiger partial charge in [-0.15, -0.1) is 0 Å². The van der Waals surface area contributed by atoms with Crippen molar-refractivity contribution in [3.05, 3.63) is 131 Å². The molecule has 0 N–H and O–H groups in total. The molecule has 0 aromatic heterocycles. The predicted molar refractivity (Wildman–Crippen MR) is 216 cm³/mol. The lowest BCUT2D eigenvalue weighted by Crippen LogP contribution is -2.29. The van der Waals surface area contributed by atoms with Crippen molar-refractivity contribution < 1.29 is 33.2 Å². The van der Waals surface area contributed by atoms with Gasteiger partial charge in [-0.05, 0) is 60.2 Å². The minimum atomic E-state index is -1.46. The van der Waals surface area contributed by atoms with Gasteiger partial charge in [0.15, 0.2) is 13.6 Å². The van der Waals surface area contributed by atoms with Crippen molar-refractivity contribution in [2.45, 2.75) is 65.6 Å². The number of rotatable bonds is 16. The first kappa shape index (κ1) is 39.7. The monoisotopic (exact) mass is 736 g/mol. The molecular formula is C45H53O7P. The van der Waals surface area contributed by atoms with Crippen LogP contribution in [0.5, 0.6) is 28.7 Å². The maximum absolute atomic E-state index is 6.76. The van der Waals surface area contributed by atoms with E-state index in [0.717, 1.165) is 66.9 Å². The first-order valence-electron chi connectivity index (χ1n) is 17.8. The molecule has 0 aliphatic carbocycles. The van der Waals surface area contributed by atoms with Gasteiger partial charge in [-0.3, -0.25) is 0 Å². The van der Waals surface area contributed by atoms with Crippen molar-refractivity contribution in [1.82, 2.24) is 0 Å². The fourth-order valence-electron chi connectivity index (χ4n) is 6.03. The zero-order valence-electron chi connectivity index (χ0n) is 32.5. The average Bonchev–Trinajstić information content (AvgIpc) is 3.15. The topological polar surface area (TPSA) is 64.6 Å². The quantitative estimate of drug-likeness (QED) is 0.0569. The van der Waals surface area contributed by atoms with Gasteiger partial charge >= 0.3 is 0 Å². The maximum atomic E-state index is 6.76. The van der Waals surface area contributed by atoms with E-state index in [1.165, 1.54) is 0 Å². The highest BCUT2D eigenvalue weighted by Gasteiger charge is 2.34.